The van der Waals surface area contributed by atoms with E-state index in [-0.39, 0.29) is 24.4 Å². The van der Waals surface area contributed by atoms with Gasteiger partial charge in [0.15, 0.2) is 6.04 Å². The Morgan fingerprint density at radius 1 is 1.35 bits per heavy atom. The standard InChI is InChI=1S/C17H23FN2O5S/c1-3-26(24,25)20-8-6-12(7-9-20)16(21)19-15(17(22)23)13-4-5-14(18)11(2)10-13/h4-5,10,12,15H,3,6-9H2,1-2H3,(H,19,21)(H,22,23). The minimum atomic E-state index is -3.29. The molecule has 144 valence electrons. The lowest BCUT2D eigenvalue weighted by molar-refractivity contribution is -0.142. The van der Waals surface area contributed by atoms with Gasteiger partial charge in [-0.15, -0.1) is 0 Å². The maximum Gasteiger partial charge on any atom is 0.330 e. The number of amides is 1. The van der Waals surface area contributed by atoms with Gasteiger partial charge in [-0.1, -0.05) is 12.1 Å². The highest BCUT2D eigenvalue weighted by Crippen LogP contribution is 2.23. The number of nitrogens with one attached hydrogen (secondary N) is 1. The number of aliphatic carboxylic acids is 1. The second-order valence-electron chi connectivity index (χ2n) is 6.36. The van der Waals surface area contributed by atoms with Gasteiger partial charge < -0.3 is 10.4 Å². The minimum Gasteiger partial charge on any atom is -0.479 e. The van der Waals surface area contributed by atoms with Crippen molar-refractivity contribution >= 4 is 21.9 Å². The molecule has 2 rings (SSSR count). The Hall–Kier alpha value is -2.00. The van der Waals surface area contributed by atoms with Crippen molar-refractivity contribution in [2.24, 2.45) is 5.92 Å². The number of piperidine rings is 1. The first-order valence-electron chi connectivity index (χ1n) is 8.42. The molecule has 7 nitrogen and oxygen atoms in total. The van der Waals surface area contributed by atoms with E-state index in [1.165, 1.54) is 29.4 Å². The van der Waals surface area contributed by atoms with Gasteiger partial charge in [0.25, 0.3) is 0 Å². The zero-order chi connectivity index (χ0) is 19.5. The average Bonchev–Trinajstić information content (AvgIpc) is 2.61. The van der Waals surface area contributed by atoms with Crippen LogP contribution in [-0.2, 0) is 19.6 Å². The maximum atomic E-state index is 13.4. The SMILES string of the molecule is CCS(=O)(=O)N1CCC(C(=O)NC(C(=O)O)c2ccc(F)c(C)c2)CC1. The van der Waals surface area contributed by atoms with Gasteiger partial charge in [-0.3, -0.25) is 4.79 Å². The fourth-order valence-electron chi connectivity index (χ4n) is 2.97. The van der Waals surface area contributed by atoms with Gasteiger partial charge in [0.1, 0.15) is 5.82 Å². The van der Waals surface area contributed by atoms with Crippen LogP contribution in [0.3, 0.4) is 0 Å². The van der Waals surface area contributed by atoms with Crippen molar-refractivity contribution in [3.63, 3.8) is 0 Å². The second-order valence-corrected chi connectivity index (χ2v) is 8.62. The van der Waals surface area contributed by atoms with Crippen LogP contribution < -0.4 is 5.32 Å². The maximum absolute atomic E-state index is 13.4. The summed E-state index contributed by atoms with van der Waals surface area (Å²) in [6, 6.07) is 2.61. The molecular weight excluding hydrogens is 363 g/mol. The van der Waals surface area contributed by atoms with Gasteiger partial charge in [0, 0.05) is 19.0 Å². The summed E-state index contributed by atoms with van der Waals surface area (Å²) in [5.41, 5.74) is 0.580. The molecule has 2 N–H and O–H groups in total. The van der Waals surface area contributed by atoms with Crippen LogP contribution in [0.1, 0.15) is 36.9 Å². The molecule has 0 saturated carbocycles. The number of hydrogen-bond acceptors (Lipinski definition) is 4. The molecular formula is C17H23FN2O5S. The Kier molecular flexibility index (Phi) is 6.35. The quantitative estimate of drug-likeness (QED) is 0.770. The molecule has 0 aromatic heterocycles. The number of hydrogen-bond donors (Lipinski definition) is 2. The summed E-state index contributed by atoms with van der Waals surface area (Å²) in [5, 5.41) is 11.9. The molecule has 26 heavy (non-hydrogen) atoms. The average molecular weight is 386 g/mol. The molecule has 0 aliphatic carbocycles. The summed E-state index contributed by atoms with van der Waals surface area (Å²) in [7, 11) is -3.29. The predicted molar refractivity (Wildman–Crippen MR) is 93.4 cm³/mol. The molecule has 0 bridgehead atoms. The Labute approximate surface area is 152 Å². The van der Waals surface area contributed by atoms with Crippen molar-refractivity contribution in [1.29, 1.82) is 0 Å². The lowest BCUT2D eigenvalue weighted by atomic mass is 9.96. The van der Waals surface area contributed by atoms with Crippen molar-refractivity contribution < 1.29 is 27.5 Å². The van der Waals surface area contributed by atoms with Crippen LogP contribution in [-0.4, -0.2) is 48.5 Å². The molecule has 1 heterocycles. The summed E-state index contributed by atoms with van der Waals surface area (Å²) in [6.07, 6.45) is 0.666. The molecule has 1 unspecified atom stereocenters. The first-order chi connectivity index (χ1) is 12.2. The van der Waals surface area contributed by atoms with Gasteiger partial charge >= 0.3 is 5.97 Å². The van der Waals surface area contributed by atoms with Crippen LogP contribution >= 0.6 is 0 Å². The van der Waals surface area contributed by atoms with Crippen LogP contribution in [0, 0.1) is 18.7 Å². The third-order valence-electron chi connectivity index (χ3n) is 4.63. The monoisotopic (exact) mass is 386 g/mol. The first-order valence-corrected chi connectivity index (χ1v) is 10.0. The Morgan fingerprint density at radius 3 is 2.46 bits per heavy atom. The number of rotatable bonds is 6. The number of carboxylic acid groups (broad SMARTS) is 1. The lowest BCUT2D eigenvalue weighted by Gasteiger charge is -2.30. The molecule has 0 spiro atoms. The van der Waals surface area contributed by atoms with E-state index in [0.29, 0.717) is 18.4 Å². The van der Waals surface area contributed by atoms with Crippen LogP contribution in [0.25, 0.3) is 0 Å². The molecule has 1 aliphatic heterocycles. The highest BCUT2D eigenvalue weighted by molar-refractivity contribution is 7.89. The van der Waals surface area contributed by atoms with E-state index >= 15 is 0 Å². The van der Waals surface area contributed by atoms with E-state index in [0.717, 1.165) is 0 Å². The number of benzene rings is 1. The number of sulfonamides is 1. The normalized spacial score (nSPS) is 17.7. The van der Waals surface area contributed by atoms with Crippen molar-refractivity contribution in [2.75, 3.05) is 18.8 Å². The summed E-state index contributed by atoms with van der Waals surface area (Å²) < 4.78 is 38.5. The number of carbonyl (C=O) groups is 2. The van der Waals surface area contributed by atoms with Gasteiger partial charge in [0.2, 0.25) is 15.9 Å². The van der Waals surface area contributed by atoms with Crippen LogP contribution in [0.4, 0.5) is 4.39 Å². The fourth-order valence-corrected chi connectivity index (χ4v) is 4.11. The summed E-state index contributed by atoms with van der Waals surface area (Å²) >= 11 is 0. The Morgan fingerprint density at radius 2 is 1.96 bits per heavy atom. The number of carboxylic acids is 1. The summed E-state index contributed by atoms with van der Waals surface area (Å²) in [4.78, 5) is 24.0. The van der Waals surface area contributed by atoms with Gasteiger partial charge in [0.05, 0.1) is 5.75 Å². The van der Waals surface area contributed by atoms with Crippen LogP contribution in [0.15, 0.2) is 18.2 Å². The van der Waals surface area contributed by atoms with Gasteiger partial charge in [-0.05, 0) is 43.9 Å². The van der Waals surface area contributed by atoms with E-state index < -0.39 is 39.7 Å². The third-order valence-corrected chi connectivity index (χ3v) is 6.51. The van der Waals surface area contributed by atoms with Crippen molar-refractivity contribution in [3.8, 4) is 0 Å². The molecule has 1 aromatic rings. The molecule has 1 fully saturated rings. The van der Waals surface area contributed by atoms with E-state index in [9.17, 15) is 27.5 Å². The van der Waals surface area contributed by atoms with E-state index in [4.69, 9.17) is 0 Å². The van der Waals surface area contributed by atoms with E-state index in [2.05, 4.69) is 5.32 Å². The van der Waals surface area contributed by atoms with Crippen molar-refractivity contribution in [2.45, 2.75) is 32.7 Å². The number of nitrogens with zero attached hydrogens (tertiary/aromatic N) is 1. The third kappa shape index (κ3) is 4.59. The zero-order valence-corrected chi connectivity index (χ0v) is 15.6. The van der Waals surface area contributed by atoms with E-state index in [1.54, 1.807) is 6.92 Å². The number of aryl methyl sites for hydroxylation is 1. The molecule has 0 radical (unpaired) electrons. The molecule has 1 aromatic carbocycles. The van der Waals surface area contributed by atoms with E-state index in [1.807, 2.05) is 0 Å². The van der Waals surface area contributed by atoms with Crippen molar-refractivity contribution in [3.05, 3.63) is 35.1 Å². The Bertz CT molecular complexity index is 788. The van der Waals surface area contributed by atoms with Crippen LogP contribution in [0.5, 0.6) is 0 Å². The van der Waals surface area contributed by atoms with Gasteiger partial charge in [-0.25, -0.2) is 21.9 Å². The lowest BCUT2D eigenvalue weighted by Crippen LogP contribution is -2.45. The molecule has 9 heteroatoms. The predicted octanol–water partition coefficient (Wildman–Crippen LogP) is 1.44. The van der Waals surface area contributed by atoms with Crippen molar-refractivity contribution in [1.82, 2.24) is 9.62 Å². The molecule has 1 amide bonds. The zero-order valence-electron chi connectivity index (χ0n) is 14.7. The number of carbonyl (C=O) groups excluding carboxylic acids is 1. The highest BCUT2D eigenvalue weighted by Gasteiger charge is 2.32. The highest BCUT2D eigenvalue weighted by atomic mass is 32.2. The second kappa shape index (κ2) is 8.13. The first kappa shape index (κ1) is 20.3. The largest absolute Gasteiger partial charge is 0.479 e. The summed E-state index contributed by atoms with van der Waals surface area (Å²) in [6.45, 7) is 3.56. The Balaban J connectivity index is 2.05. The molecule has 1 saturated heterocycles. The fraction of sp³-hybridized carbons (Fsp3) is 0.529. The molecule has 1 atom stereocenters. The number of halogens is 1. The smallest absolute Gasteiger partial charge is 0.330 e. The minimum absolute atomic E-state index is 0.00880. The van der Waals surface area contributed by atoms with Gasteiger partial charge in [-0.2, -0.15) is 0 Å². The summed E-state index contributed by atoms with van der Waals surface area (Å²) in [5.74, 6) is -2.58. The molecule has 1 aliphatic rings. The topological polar surface area (TPSA) is 104 Å². The van der Waals surface area contributed by atoms with Crippen LogP contribution in [0.2, 0.25) is 0 Å².